The minimum absolute atomic E-state index is 0.120. The lowest BCUT2D eigenvalue weighted by Gasteiger charge is -2.31. The third-order valence-corrected chi connectivity index (χ3v) is 6.77. The van der Waals surface area contributed by atoms with E-state index in [1.807, 2.05) is 0 Å². The second kappa shape index (κ2) is 8.29. The van der Waals surface area contributed by atoms with Gasteiger partial charge in [-0.1, -0.05) is 0 Å². The summed E-state index contributed by atoms with van der Waals surface area (Å²) in [5, 5.41) is 9.88. The highest BCUT2D eigenvalue weighted by molar-refractivity contribution is 7.65. The molecule has 18 heteroatoms. The van der Waals surface area contributed by atoms with Crippen molar-refractivity contribution in [2.24, 2.45) is 0 Å². The topological polar surface area (TPSA) is 230 Å². The number of ether oxygens (including phenoxy) is 1. The highest BCUT2D eigenvalue weighted by atomic mass is 31.3. The lowest BCUT2D eigenvalue weighted by Crippen LogP contribution is -2.28. The number of hydrogen-bond donors (Lipinski definition) is 3. The Kier molecular flexibility index (Phi) is 6.91. The predicted molar refractivity (Wildman–Crippen MR) is 78.4 cm³/mol. The molecule has 0 saturated carbocycles. The molecule has 3 N–H and O–H groups in total. The van der Waals surface area contributed by atoms with Gasteiger partial charge in [0.05, 0.1) is 12.7 Å². The first-order valence-electron chi connectivity index (χ1n) is 6.89. The molecular formula is C9H13N2O13P3-2. The number of nitrogens with zero attached hydrogens (tertiary/aromatic N) is 2. The van der Waals surface area contributed by atoms with Gasteiger partial charge in [-0.2, -0.15) is 0 Å². The minimum Gasteiger partial charge on any atom is -0.756 e. The first-order chi connectivity index (χ1) is 12.3. The molecule has 2 heterocycles. The van der Waals surface area contributed by atoms with Crippen LogP contribution in [0.15, 0.2) is 23.3 Å². The number of phosphoric ester groups is 1. The smallest absolute Gasteiger partial charge is 0.476 e. The number of rotatable bonds is 8. The van der Waals surface area contributed by atoms with E-state index in [2.05, 4.69) is 18.1 Å². The fourth-order valence-electron chi connectivity index (χ4n) is 2.08. The second-order valence-corrected chi connectivity index (χ2v) is 9.42. The van der Waals surface area contributed by atoms with E-state index in [9.17, 15) is 33.4 Å². The zero-order chi connectivity index (χ0) is 20.5. The molecule has 1 fully saturated rings. The van der Waals surface area contributed by atoms with Gasteiger partial charge in [0.2, 0.25) is 0 Å². The van der Waals surface area contributed by atoms with Crippen LogP contribution in [0, 0.1) is 0 Å². The van der Waals surface area contributed by atoms with Gasteiger partial charge in [-0.3, -0.25) is 13.7 Å². The van der Waals surface area contributed by atoms with Crippen LogP contribution in [-0.2, 0) is 31.6 Å². The number of phosphoric acid groups is 3. The van der Waals surface area contributed by atoms with Crippen molar-refractivity contribution in [1.29, 1.82) is 0 Å². The summed E-state index contributed by atoms with van der Waals surface area (Å²) in [4.78, 5) is 54.4. The molecule has 154 valence electrons. The molecule has 15 nitrogen and oxygen atoms in total. The van der Waals surface area contributed by atoms with Crippen LogP contribution in [-0.4, -0.2) is 43.3 Å². The van der Waals surface area contributed by atoms with Gasteiger partial charge in [0.25, 0.3) is 15.6 Å². The number of aliphatic hydroxyl groups is 1. The number of aromatic nitrogens is 2. The Balaban J connectivity index is 1.96. The van der Waals surface area contributed by atoms with Crippen molar-refractivity contribution in [3.8, 4) is 0 Å². The summed E-state index contributed by atoms with van der Waals surface area (Å²) in [6.45, 7) is -0.913. The van der Waals surface area contributed by atoms with Crippen LogP contribution >= 0.6 is 23.5 Å². The monoisotopic (exact) mass is 450 g/mol. The zero-order valence-corrected chi connectivity index (χ0v) is 15.7. The Morgan fingerprint density at radius 2 is 1.93 bits per heavy atom. The average Bonchev–Trinajstić information content (AvgIpc) is 2.83. The molecule has 5 unspecified atom stereocenters. The molecule has 0 aromatic carbocycles. The van der Waals surface area contributed by atoms with E-state index in [0.717, 1.165) is 4.57 Å². The third-order valence-electron chi connectivity index (χ3n) is 3.06. The molecule has 0 aliphatic carbocycles. The average molecular weight is 450 g/mol. The highest BCUT2D eigenvalue weighted by Gasteiger charge is 2.37. The summed E-state index contributed by atoms with van der Waals surface area (Å²) in [5.74, 6) is 0. The lowest BCUT2D eigenvalue weighted by molar-refractivity contribution is -0.241. The van der Waals surface area contributed by atoms with Crippen LogP contribution in [0.1, 0.15) is 12.6 Å². The molecule has 1 aliphatic rings. The lowest BCUT2D eigenvalue weighted by atomic mass is 10.2. The second-order valence-electron chi connectivity index (χ2n) is 5.09. The first-order valence-corrected chi connectivity index (χ1v) is 11.3. The molecule has 5 atom stereocenters. The molecule has 1 aromatic heterocycles. The SMILES string of the molecule is O=c1ncccn1C1CC(O)C(COP(=O)([O-])OP(=O)([O-])OP(=O)(O)O)O1. The minimum atomic E-state index is -5.95. The molecule has 0 bridgehead atoms. The Bertz CT molecular complexity index is 867. The summed E-state index contributed by atoms with van der Waals surface area (Å²) in [5.41, 5.74) is -0.684. The fourth-order valence-corrected chi connectivity index (χ4v) is 5.01. The standard InChI is InChI=1S/C9H15N2O13P3/c12-6-4-8(11-3-1-2-10-9(11)13)22-7(6)5-21-26(17,18)24-27(19,20)23-25(14,15)16/h1-3,6-8,12H,4-5H2,(H,17,18)(H,19,20)(H2,14,15,16)/p-2. The van der Waals surface area contributed by atoms with Crippen molar-refractivity contribution in [2.45, 2.75) is 24.9 Å². The summed E-state index contributed by atoms with van der Waals surface area (Å²) in [6.07, 6.45) is -1.12. The van der Waals surface area contributed by atoms with Gasteiger partial charge < -0.3 is 33.9 Å². The third kappa shape index (κ3) is 6.95. The molecular weight excluding hydrogens is 437 g/mol. The van der Waals surface area contributed by atoms with E-state index < -0.39 is 54.2 Å². The van der Waals surface area contributed by atoms with Crippen LogP contribution in [0.5, 0.6) is 0 Å². The van der Waals surface area contributed by atoms with E-state index in [4.69, 9.17) is 14.5 Å². The van der Waals surface area contributed by atoms with Gasteiger partial charge in [0.15, 0.2) is 0 Å². The molecule has 1 aromatic rings. The van der Waals surface area contributed by atoms with E-state index in [0.29, 0.717) is 0 Å². The van der Waals surface area contributed by atoms with Gasteiger partial charge >= 0.3 is 13.5 Å². The van der Waals surface area contributed by atoms with Crippen LogP contribution < -0.4 is 15.5 Å². The van der Waals surface area contributed by atoms with E-state index in [-0.39, 0.29) is 6.42 Å². The molecule has 1 aliphatic heterocycles. The maximum absolute atomic E-state index is 11.6. The molecule has 2 rings (SSSR count). The maximum atomic E-state index is 11.6. The van der Waals surface area contributed by atoms with Crippen LogP contribution in [0.2, 0.25) is 0 Å². The Labute approximate surface area is 150 Å². The normalized spacial score (nSPS) is 27.8. The summed E-state index contributed by atoms with van der Waals surface area (Å²) in [6, 6.07) is 1.42. The van der Waals surface area contributed by atoms with E-state index >= 15 is 0 Å². The maximum Gasteiger partial charge on any atom is 0.476 e. The van der Waals surface area contributed by atoms with Crippen LogP contribution in [0.3, 0.4) is 0 Å². The van der Waals surface area contributed by atoms with E-state index in [1.165, 1.54) is 18.5 Å². The fraction of sp³-hybridized carbons (Fsp3) is 0.556. The van der Waals surface area contributed by atoms with Crippen LogP contribution in [0.25, 0.3) is 0 Å². The Morgan fingerprint density at radius 3 is 2.52 bits per heavy atom. The van der Waals surface area contributed by atoms with Crippen molar-refractivity contribution in [3.63, 3.8) is 0 Å². The van der Waals surface area contributed by atoms with Crippen molar-refractivity contribution in [2.75, 3.05) is 6.61 Å². The van der Waals surface area contributed by atoms with E-state index in [1.54, 1.807) is 0 Å². The summed E-state index contributed by atoms with van der Waals surface area (Å²) >= 11 is 0. The Hall–Kier alpha value is -0.790. The van der Waals surface area contributed by atoms with Crippen molar-refractivity contribution >= 4 is 23.5 Å². The van der Waals surface area contributed by atoms with Gasteiger partial charge in [0, 0.05) is 18.8 Å². The molecule has 27 heavy (non-hydrogen) atoms. The molecule has 0 amide bonds. The quantitative estimate of drug-likeness (QED) is 0.363. The zero-order valence-electron chi connectivity index (χ0n) is 13.0. The van der Waals surface area contributed by atoms with Crippen molar-refractivity contribution in [1.82, 2.24) is 9.55 Å². The molecule has 1 saturated heterocycles. The molecule has 0 spiro atoms. The largest absolute Gasteiger partial charge is 0.756 e. The highest BCUT2D eigenvalue weighted by Crippen LogP contribution is 2.62. The van der Waals surface area contributed by atoms with Crippen LogP contribution in [0.4, 0.5) is 0 Å². The van der Waals surface area contributed by atoms with Gasteiger partial charge in [-0.25, -0.2) is 23.0 Å². The van der Waals surface area contributed by atoms with Gasteiger partial charge in [-0.05, 0) is 6.07 Å². The van der Waals surface area contributed by atoms with Crippen molar-refractivity contribution < 1.29 is 56.3 Å². The first kappa shape index (κ1) is 22.5. The Morgan fingerprint density at radius 1 is 1.26 bits per heavy atom. The van der Waals surface area contributed by atoms with Crippen molar-refractivity contribution in [3.05, 3.63) is 28.9 Å². The summed E-state index contributed by atoms with van der Waals surface area (Å²) < 4.78 is 50.3. The van der Waals surface area contributed by atoms with Gasteiger partial charge in [-0.15, -0.1) is 0 Å². The number of aliphatic hydroxyl groups excluding tert-OH is 1. The molecule has 0 radical (unpaired) electrons. The summed E-state index contributed by atoms with van der Waals surface area (Å²) in [7, 11) is -17.2. The van der Waals surface area contributed by atoms with Gasteiger partial charge in [0.1, 0.15) is 12.3 Å². The predicted octanol–water partition coefficient (Wildman–Crippen LogP) is -2.03. The number of hydrogen-bond acceptors (Lipinski definition) is 12.